The van der Waals surface area contributed by atoms with Crippen molar-refractivity contribution in [2.45, 2.75) is 20.8 Å². The van der Waals surface area contributed by atoms with Crippen LogP contribution in [-0.4, -0.2) is 25.7 Å². The number of anilines is 1. The predicted octanol–water partition coefficient (Wildman–Crippen LogP) is 6.74. The molecule has 0 saturated carbocycles. The molecule has 3 aromatic rings. The lowest BCUT2D eigenvalue weighted by Gasteiger charge is -2.23. The minimum Gasteiger partial charge on any atom is -0.462 e. The summed E-state index contributed by atoms with van der Waals surface area (Å²) < 4.78 is 11.8. The zero-order valence-electron chi connectivity index (χ0n) is 20.1. The van der Waals surface area contributed by atoms with E-state index in [2.05, 4.69) is 24.8 Å². The van der Waals surface area contributed by atoms with Gasteiger partial charge < -0.3 is 14.1 Å². The van der Waals surface area contributed by atoms with E-state index in [1.807, 2.05) is 54.6 Å². The smallest absolute Gasteiger partial charge is 0.338 e. The highest BCUT2D eigenvalue weighted by atomic mass is 16.5. The summed E-state index contributed by atoms with van der Waals surface area (Å²) in [6, 6.07) is 22.7. The van der Waals surface area contributed by atoms with Crippen molar-refractivity contribution in [3.63, 3.8) is 0 Å². The zero-order valence-corrected chi connectivity index (χ0v) is 20.1. The fourth-order valence-electron chi connectivity index (χ4n) is 4.86. The molecule has 0 bridgehead atoms. The highest BCUT2D eigenvalue weighted by molar-refractivity contribution is 6.13. The standard InChI is InChI=1S/C30H27NO4/c1-4-31(5-2)19-15-16-24-26(17-19)35-27-18-25(32)20-11-7-8-12-21(20)29(27)28(24)22-13-9-10-14-23(22)30(33)34-6-3/h7-18H,4-6H2,1-3H3. The summed E-state index contributed by atoms with van der Waals surface area (Å²) in [5, 5.41) is 2.28. The first-order chi connectivity index (χ1) is 17.1. The average Bonchev–Trinajstić information content (AvgIpc) is 2.88. The lowest BCUT2D eigenvalue weighted by Crippen LogP contribution is -2.21. The van der Waals surface area contributed by atoms with Crippen LogP contribution in [0.4, 0.5) is 5.69 Å². The molecule has 3 aromatic carbocycles. The van der Waals surface area contributed by atoms with Gasteiger partial charge in [0.2, 0.25) is 0 Å². The molecular weight excluding hydrogens is 438 g/mol. The van der Waals surface area contributed by atoms with Crippen LogP contribution in [0.5, 0.6) is 0 Å². The lowest BCUT2D eigenvalue weighted by molar-refractivity contribution is 0.0527. The summed E-state index contributed by atoms with van der Waals surface area (Å²) in [4.78, 5) is 28.2. The topological polar surface area (TPSA) is 59.8 Å². The second-order valence-electron chi connectivity index (χ2n) is 8.39. The SMILES string of the molecule is CCOC(=O)c1ccccc1-c1c2c3ccccc3c(=O)cc-2oc2cc(N(CC)CC)ccc12. The van der Waals surface area contributed by atoms with E-state index in [1.165, 1.54) is 0 Å². The van der Waals surface area contributed by atoms with Gasteiger partial charge in [0.1, 0.15) is 11.3 Å². The lowest BCUT2D eigenvalue weighted by atomic mass is 9.88. The van der Waals surface area contributed by atoms with Gasteiger partial charge in [-0.05, 0) is 49.9 Å². The Hall–Kier alpha value is -4.12. The van der Waals surface area contributed by atoms with E-state index in [0.717, 1.165) is 46.2 Å². The Balaban J connectivity index is 1.95. The van der Waals surface area contributed by atoms with Crippen molar-refractivity contribution >= 4 is 33.4 Å². The number of esters is 1. The van der Waals surface area contributed by atoms with Gasteiger partial charge in [-0.25, -0.2) is 4.79 Å². The molecule has 0 amide bonds. The van der Waals surface area contributed by atoms with Crippen molar-refractivity contribution in [1.29, 1.82) is 0 Å². The van der Waals surface area contributed by atoms with E-state index in [0.29, 0.717) is 22.3 Å². The zero-order chi connectivity index (χ0) is 24.5. The number of hydrogen-bond donors (Lipinski definition) is 0. The van der Waals surface area contributed by atoms with Crippen LogP contribution in [0.3, 0.4) is 0 Å². The summed E-state index contributed by atoms with van der Waals surface area (Å²) in [6.07, 6.45) is 0. The van der Waals surface area contributed by atoms with Crippen LogP contribution in [0, 0.1) is 0 Å². The normalized spacial score (nSPS) is 11.3. The van der Waals surface area contributed by atoms with E-state index in [4.69, 9.17) is 9.15 Å². The van der Waals surface area contributed by atoms with Gasteiger partial charge in [-0.15, -0.1) is 0 Å². The Morgan fingerprint density at radius 3 is 2.29 bits per heavy atom. The Morgan fingerprint density at radius 2 is 1.54 bits per heavy atom. The number of hydrogen-bond acceptors (Lipinski definition) is 5. The maximum absolute atomic E-state index is 13.0. The Labute approximate surface area is 203 Å². The first-order valence-corrected chi connectivity index (χ1v) is 12.0. The predicted molar refractivity (Wildman–Crippen MR) is 142 cm³/mol. The van der Waals surface area contributed by atoms with Gasteiger partial charge in [-0.3, -0.25) is 4.79 Å². The molecular formula is C30H27NO4. The first kappa shape index (κ1) is 22.7. The molecule has 2 aliphatic rings. The summed E-state index contributed by atoms with van der Waals surface area (Å²) >= 11 is 0. The molecule has 0 unspecified atom stereocenters. The van der Waals surface area contributed by atoms with Gasteiger partial charge >= 0.3 is 5.97 Å². The molecule has 0 spiro atoms. The van der Waals surface area contributed by atoms with Crippen LogP contribution in [0.1, 0.15) is 31.1 Å². The number of nitrogens with zero attached hydrogens (tertiary/aromatic N) is 1. The summed E-state index contributed by atoms with van der Waals surface area (Å²) in [7, 11) is 0. The number of carbonyl (C=O) groups is 1. The molecule has 0 saturated heterocycles. The molecule has 0 N–H and O–H groups in total. The molecule has 176 valence electrons. The van der Waals surface area contributed by atoms with Gasteiger partial charge in [0.05, 0.1) is 12.2 Å². The van der Waals surface area contributed by atoms with Crippen LogP contribution in [0.15, 0.2) is 82.0 Å². The number of fused-ring (bicyclic) bond motifs is 4. The highest BCUT2D eigenvalue weighted by Gasteiger charge is 2.25. The molecule has 0 aromatic heterocycles. The third-order valence-electron chi connectivity index (χ3n) is 6.50. The second kappa shape index (κ2) is 9.26. The molecule has 5 nitrogen and oxygen atoms in total. The van der Waals surface area contributed by atoms with Crippen molar-refractivity contribution in [2.75, 3.05) is 24.6 Å². The Bertz CT molecular complexity index is 1580. The van der Waals surface area contributed by atoms with E-state index in [1.54, 1.807) is 19.1 Å². The minimum absolute atomic E-state index is 0.0966. The van der Waals surface area contributed by atoms with Crippen molar-refractivity contribution in [1.82, 2.24) is 0 Å². The van der Waals surface area contributed by atoms with E-state index >= 15 is 0 Å². The van der Waals surface area contributed by atoms with Crippen LogP contribution in [0.2, 0.25) is 0 Å². The third-order valence-corrected chi connectivity index (χ3v) is 6.50. The molecule has 0 atom stereocenters. The second-order valence-corrected chi connectivity index (χ2v) is 8.39. The molecule has 1 aliphatic carbocycles. The molecule has 5 heteroatoms. The molecule has 1 aliphatic heterocycles. The molecule has 1 heterocycles. The van der Waals surface area contributed by atoms with Crippen molar-refractivity contribution in [3.8, 4) is 22.5 Å². The van der Waals surface area contributed by atoms with Crippen LogP contribution in [0.25, 0.3) is 44.2 Å². The Morgan fingerprint density at radius 1 is 0.829 bits per heavy atom. The third kappa shape index (κ3) is 3.83. The van der Waals surface area contributed by atoms with Gasteiger partial charge in [0, 0.05) is 52.8 Å². The van der Waals surface area contributed by atoms with Gasteiger partial charge in [-0.2, -0.15) is 0 Å². The molecule has 35 heavy (non-hydrogen) atoms. The van der Waals surface area contributed by atoms with Crippen molar-refractivity contribution < 1.29 is 13.9 Å². The highest BCUT2D eigenvalue weighted by Crippen LogP contribution is 2.45. The van der Waals surface area contributed by atoms with E-state index in [-0.39, 0.29) is 18.0 Å². The van der Waals surface area contributed by atoms with Gasteiger partial charge in [0.15, 0.2) is 5.43 Å². The summed E-state index contributed by atoms with van der Waals surface area (Å²) in [5.74, 6) is 0.112. The van der Waals surface area contributed by atoms with Gasteiger partial charge in [0.25, 0.3) is 0 Å². The van der Waals surface area contributed by atoms with Crippen molar-refractivity contribution in [2.24, 2.45) is 0 Å². The number of benzene rings is 4. The maximum Gasteiger partial charge on any atom is 0.338 e. The molecule has 0 fully saturated rings. The quantitative estimate of drug-likeness (QED) is 0.158. The minimum atomic E-state index is -0.380. The largest absolute Gasteiger partial charge is 0.462 e. The van der Waals surface area contributed by atoms with E-state index < -0.39 is 0 Å². The number of carbonyl (C=O) groups excluding carboxylic acids is 1. The average molecular weight is 466 g/mol. The molecule has 5 rings (SSSR count). The van der Waals surface area contributed by atoms with E-state index in [9.17, 15) is 9.59 Å². The van der Waals surface area contributed by atoms with Crippen LogP contribution < -0.4 is 10.3 Å². The fraction of sp³-hybridized carbons (Fsp3) is 0.200. The Kier molecular flexibility index (Phi) is 6.00. The first-order valence-electron chi connectivity index (χ1n) is 12.0. The molecule has 0 radical (unpaired) electrons. The monoisotopic (exact) mass is 465 g/mol. The summed E-state index contributed by atoms with van der Waals surface area (Å²) in [5.41, 5.74) is 4.49. The number of rotatable bonds is 6. The fourth-order valence-corrected chi connectivity index (χ4v) is 4.86. The van der Waals surface area contributed by atoms with Crippen molar-refractivity contribution in [3.05, 3.63) is 88.6 Å². The summed E-state index contributed by atoms with van der Waals surface area (Å²) in [6.45, 7) is 8.04. The van der Waals surface area contributed by atoms with Gasteiger partial charge in [-0.1, -0.05) is 42.5 Å². The van der Waals surface area contributed by atoms with Crippen LogP contribution >= 0.6 is 0 Å². The maximum atomic E-state index is 13.0. The number of ether oxygens (including phenoxy) is 1. The van der Waals surface area contributed by atoms with Crippen LogP contribution in [-0.2, 0) is 4.74 Å².